The zero-order chi connectivity index (χ0) is 15.4. The molecule has 2 aromatic rings. The van der Waals surface area contributed by atoms with Gasteiger partial charge in [-0.25, -0.2) is 0 Å². The molecule has 1 aromatic heterocycles. The number of nitrogens with zero attached hydrogens (tertiary/aromatic N) is 2. The van der Waals surface area contributed by atoms with Gasteiger partial charge in [0.15, 0.2) is 0 Å². The summed E-state index contributed by atoms with van der Waals surface area (Å²) >= 11 is 0. The third-order valence-corrected chi connectivity index (χ3v) is 4.19. The van der Waals surface area contributed by atoms with Crippen LogP contribution in [0.25, 0.3) is 0 Å². The van der Waals surface area contributed by atoms with Gasteiger partial charge in [-0.05, 0) is 43.5 Å². The van der Waals surface area contributed by atoms with Gasteiger partial charge in [0.25, 0.3) is 0 Å². The van der Waals surface area contributed by atoms with Crippen molar-refractivity contribution in [2.45, 2.75) is 32.2 Å². The Bertz CT molecular complexity index is 642. The molecule has 1 aromatic carbocycles. The van der Waals surface area contributed by atoms with Crippen molar-refractivity contribution in [1.82, 2.24) is 4.98 Å². The number of hydrogen-bond acceptors (Lipinski definition) is 3. The lowest BCUT2D eigenvalue weighted by Gasteiger charge is -2.37. The minimum Gasteiger partial charge on any atom is -0.368 e. The Morgan fingerprint density at radius 1 is 1.32 bits per heavy atom. The Morgan fingerprint density at radius 2 is 2.18 bits per heavy atom. The lowest BCUT2D eigenvalue weighted by atomic mass is 9.96. The average Bonchev–Trinajstić information content (AvgIpc) is 2.55. The quantitative estimate of drug-likeness (QED) is 0.941. The lowest BCUT2D eigenvalue weighted by molar-refractivity contribution is -0.116. The van der Waals surface area contributed by atoms with Crippen LogP contribution < -0.4 is 10.2 Å². The smallest absolute Gasteiger partial charge is 0.226 e. The standard InChI is InChI=1S/C18H21N3O/c1-14-8-9-15-5-2-3-7-17(15)21(14)12-10-18(22)20-16-6-4-11-19-13-16/h2-7,11,13-14H,8-10,12H2,1H3,(H,20,22). The number of amides is 1. The Morgan fingerprint density at radius 3 is 3.00 bits per heavy atom. The molecule has 1 amide bonds. The maximum Gasteiger partial charge on any atom is 0.226 e. The first-order valence-electron chi connectivity index (χ1n) is 7.78. The van der Waals surface area contributed by atoms with Crippen molar-refractivity contribution in [3.8, 4) is 0 Å². The Kier molecular flexibility index (Phi) is 4.37. The summed E-state index contributed by atoms with van der Waals surface area (Å²) in [6.45, 7) is 2.97. The number of hydrogen-bond donors (Lipinski definition) is 1. The summed E-state index contributed by atoms with van der Waals surface area (Å²) in [5, 5.41) is 2.89. The van der Waals surface area contributed by atoms with Crippen LogP contribution in [0.4, 0.5) is 11.4 Å². The fraction of sp³-hybridized carbons (Fsp3) is 0.333. The second-order valence-corrected chi connectivity index (χ2v) is 5.75. The van der Waals surface area contributed by atoms with Gasteiger partial charge in [0.2, 0.25) is 5.91 Å². The van der Waals surface area contributed by atoms with Gasteiger partial charge in [0.05, 0.1) is 11.9 Å². The molecule has 0 saturated carbocycles. The number of aryl methyl sites for hydroxylation is 1. The molecule has 0 saturated heterocycles. The van der Waals surface area contributed by atoms with E-state index in [1.165, 1.54) is 11.3 Å². The minimum absolute atomic E-state index is 0.0308. The van der Waals surface area contributed by atoms with Crippen LogP contribution in [-0.2, 0) is 11.2 Å². The van der Waals surface area contributed by atoms with E-state index in [0.29, 0.717) is 12.5 Å². The number of carbonyl (C=O) groups excluding carboxylic acids is 1. The molecule has 2 heterocycles. The molecule has 1 unspecified atom stereocenters. The van der Waals surface area contributed by atoms with E-state index < -0.39 is 0 Å². The predicted molar refractivity (Wildman–Crippen MR) is 89.1 cm³/mol. The van der Waals surface area contributed by atoms with Crippen LogP contribution in [-0.4, -0.2) is 23.5 Å². The molecular weight excluding hydrogens is 274 g/mol. The molecule has 114 valence electrons. The van der Waals surface area contributed by atoms with Gasteiger partial charge >= 0.3 is 0 Å². The van der Waals surface area contributed by atoms with E-state index in [1.807, 2.05) is 12.1 Å². The van der Waals surface area contributed by atoms with E-state index in [9.17, 15) is 4.79 Å². The number of para-hydroxylation sites is 1. The number of rotatable bonds is 4. The van der Waals surface area contributed by atoms with Gasteiger partial charge < -0.3 is 10.2 Å². The SMILES string of the molecule is CC1CCc2ccccc2N1CCC(=O)Nc1cccnc1. The first-order valence-corrected chi connectivity index (χ1v) is 7.78. The first-order chi connectivity index (χ1) is 10.7. The predicted octanol–water partition coefficient (Wildman–Crippen LogP) is 3.25. The van der Waals surface area contributed by atoms with Crippen LogP contribution in [0, 0.1) is 0 Å². The zero-order valence-electron chi connectivity index (χ0n) is 12.8. The monoisotopic (exact) mass is 295 g/mol. The zero-order valence-corrected chi connectivity index (χ0v) is 12.8. The highest BCUT2D eigenvalue weighted by molar-refractivity contribution is 5.90. The molecule has 1 N–H and O–H groups in total. The van der Waals surface area contributed by atoms with Crippen LogP contribution in [0.15, 0.2) is 48.8 Å². The van der Waals surface area contributed by atoms with Crippen LogP contribution in [0.5, 0.6) is 0 Å². The molecule has 0 aliphatic carbocycles. The third kappa shape index (κ3) is 3.27. The molecule has 3 rings (SSSR count). The van der Waals surface area contributed by atoms with Crippen molar-refractivity contribution < 1.29 is 4.79 Å². The van der Waals surface area contributed by atoms with E-state index in [4.69, 9.17) is 0 Å². The summed E-state index contributed by atoms with van der Waals surface area (Å²) in [6.07, 6.45) is 6.10. The van der Waals surface area contributed by atoms with E-state index >= 15 is 0 Å². The van der Waals surface area contributed by atoms with Gasteiger partial charge in [0.1, 0.15) is 0 Å². The number of nitrogens with one attached hydrogen (secondary N) is 1. The van der Waals surface area contributed by atoms with Gasteiger partial charge in [0, 0.05) is 30.9 Å². The highest BCUT2D eigenvalue weighted by atomic mass is 16.1. The van der Waals surface area contributed by atoms with Crippen LogP contribution >= 0.6 is 0 Å². The molecule has 0 radical (unpaired) electrons. The molecule has 4 nitrogen and oxygen atoms in total. The maximum atomic E-state index is 12.1. The minimum atomic E-state index is 0.0308. The van der Waals surface area contributed by atoms with E-state index in [2.05, 4.69) is 46.4 Å². The molecular formula is C18H21N3O. The largest absolute Gasteiger partial charge is 0.368 e. The molecule has 0 bridgehead atoms. The molecule has 0 spiro atoms. The van der Waals surface area contributed by atoms with Crippen LogP contribution in [0.1, 0.15) is 25.3 Å². The fourth-order valence-corrected chi connectivity index (χ4v) is 2.98. The topological polar surface area (TPSA) is 45.2 Å². The number of fused-ring (bicyclic) bond motifs is 1. The second kappa shape index (κ2) is 6.60. The second-order valence-electron chi connectivity index (χ2n) is 5.75. The highest BCUT2D eigenvalue weighted by Crippen LogP contribution is 2.30. The third-order valence-electron chi connectivity index (χ3n) is 4.19. The number of pyridine rings is 1. The van der Waals surface area contributed by atoms with Crippen molar-refractivity contribution in [2.24, 2.45) is 0 Å². The summed E-state index contributed by atoms with van der Waals surface area (Å²) in [4.78, 5) is 18.5. The number of anilines is 2. The molecule has 22 heavy (non-hydrogen) atoms. The van der Waals surface area contributed by atoms with Gasteiger partial charge in [-0.1, -0.05) is 18.2 Å². The van der Waals surface area contributed by atoms with E-state index in [-0.39, 0.29) is 5.91 Å². The number of benzene rings is 1. The molecule has 0 fully saturated rings. The summed E-state index contributed by atoms with van der Waals surface area (Å²) in [6, 6.07) is 12.6. The van der Waals surface area contributed by atoms with E-state index in [0.717, 1.165) is 25.1 Å². The summed E-state index contributed by atoms with van der Waals surface area (Å²) in [5.74, 6) is 0.0308. The van der Waals surface area contributed by atoms with Crippen LogP contribution in [0.3, 0.4) is 0 Å². The fourth-order valence-electron chi connectivity index (χ4n) is 2.98. The Labute approximate surface area is 131 Å². The number of carbonyl (C=O) groups is 1. The normalized spacial score (nSPS) is 17.0. The van der Waals surface area contributed by atoms with Crippen molar-refractivity contribution in [2.75, 3.05) is 16.8 Å². The van der Waals surface area contributed by atoms with Crippen molar-refractivity contribution in [3.63, 3.8) is 0 Å². The highest BCUT2D eigenvalue weighted by Gasteiger charge is 2.22. The van der Waals surface area contributed by atoms with Gasteiger partial charge in [-0.3, -0.25) is 9.78 Å². The Hall–Kier alpha value is -2.36. The summed E-state index contributed by atoms with van der Waals surface area (Å²) in [5.41, 5.74) is 3.41. The van der Waals surface area contributed by atoms with Crippen LogP contribution in [0.2, 0.25) is 0 Å². The maximum absolute atomic E-state index is 12.1. The number of aromatic nitrogens is 1. The Balaban J connectivity index is 1.62. The average molecular weight is 295 g/mol. The summed E-state index contributed by atoms with van der Waals surface area (Å²) in [7, 11) is 0. The van der Waals surface area contributed by atoms with Crippen molar-refractivity contribution >= 4 is 17.3 Å². The molecule has 1 aliphatic heterocycles. The van der Waals surface area contributed by atoms with Crippen molar-refractivity contribution in [1.29, 1.82) is 0 Å². The summed E-state index contributed by atoms with van der Waals surface area (Å²) < 4.78 is 0. The van der Waals surface area contributed by atoms with Crippen molar-refractivity contribution in [3.05, 3.63) is 54.4 Å². The lowest BCUT2D eigenvalue weighted by Crippen LogP contribution is -2.39. The molecule has 4 heteroatoms. The van der Waals surface area contributed by atoms with E-state index in [1.54, 1.807) is 12.4 Å². The molecule has 1 aliphatic rings. The molecule has 1 atom stereocenters. The van der Waals surface area contributed by atoms with Gasteiger partial charge in [-0.2, -0.15) is 0 Å². The van der Waals surface area contributed by atoms with Gasteiger partial charge in [-0.15, -0.1) is 0 Å². The first kappa shape index (κ1) is 14.6.